The maximum Gasteiger partial charge on any atom is 0.336 e. The van der Waals surface area contributed by atoms with E-state index in [1.54, 1.807) is 0 Å². The average molecular weight is 200 g/mol. The van der Waals surface area contributed by atoms with Crippen LogP contribution in [0.15, 0.2) is 12.2 Å². The molecular weight excluding hydrogens is 188 g/mol. The van der Waals surface area contributed by atoms with E-state index < -0.39 is 24.0 Å². The van der Waals surface area contributed by atoms with Crippen LogP contribution in [0.3, 0.4) is 0 Å². The zero-order chi connectivity index (χ0) is 11.3. The van der Waals surface area contributed by atoms with Crippen LogP contribution in [0.25, 0.3) is 0 Å². The van der Waals surface area contributed by atoms with Crippen LogP contribution in [0.1, 0.15) is 20.8 Å². The van der Waals surface area contributed by atoms with Crippen molar-refractivity contribution in [3.63, 3.8) is 0 Å². The van der Waals surface area contributed by atoms with E-state index in [9.17, 15) is 14.4 Å². The van der Waals surface area contributed by atoms with Crippen molar-refractivity contribution in [2.24, 2.45) is 0 Å². The molecule has 0 saturated carbocycles. The third-order valence-corrected chi connectivity index (χ3v) is 1.17. The van der Waals surface area contributed by atoms with Gasteiger partial charge in [-0.25, -0.2) is 4.79 Å². The molecule has 0 rings (SSSR count). The van der Waals surface area contributed by atoms with Gasteiger partial charge in [0.1, 0.15) is 0 Å². The lowest BCUT2D eigenvalue weighted by molar-refractivity contribution is -0.187. The highest BCUT2D eigenvalue weighted by molar-refractivity contribution is 5.90. The maximum absolute atomic E-state index is 11.0. The van der Waals surface area contributed by atoms with Crippen LogP contribution in [0.4, 0.5) is 0 Å². The van der Waals surface area contributed by atoms with E-state index in [0.29, 0.717) is 0 Å². The summed E-state index contributed by atoms with van der Waals surface area (Å²) in [6.07, 6.45) is -1.48. The highest BCUT2D eigenvalue weighted by atomic mass is 16.7. The molecule has 78 valence electrons. The quantitative estimate of drug-likeness (QED) is 0.377. The lowest BCUT2D eigenvalue weighted by Gasteiger charge is -2.14. The summed E-state index contributed by atoms with van der Waals surface area (Å²) in [7, 11) is 0. The predicted octanol–water partition coefficient (Wildman–Crippen LogP) is 0.584. The Balaban J connectivity index is 4.38. The Morgan fingerprint density at radius 2 is 1.57 bits per heavy atom. The Morgan fingerprint density at radius 1 is 1.07 bits per heavy atom. The molecule has 5 heteroatoms. The first kappa shape index (κ1) is 12.3. The summed E-state index contributed by atoms with van der Waals surface area (Å²) >= 11 is 0. The minimum atomic E-state index is -1.48. The Bertz CT molecular complexity index is 279. The molecule has 5 nitrogen and oxygen atoms in total. The molecule has 1 atom stereocenters. The summed E-state index contributed by atoms with van der Waals surface area (Å²) in [5.74, 6) is -2.03. The molecule has 0 heterocycles. The van der Waals surface area contributed by atoms with E-state index in [4.69, 9.17) is 0 Å². The predicted molar refractivity (Wildman–Crippen MR) is 47.1 cm³/mol. The molecule has 0 aliphatic heterocycles. The first-order valence-electron chi connectivity index (χ1n) is 3.88. The Kier molecular flexibility index (Phi) is 4.55. The number of hydrogen-bond acceptors (Lipinski definition) is 5. The second-order valence-electron chi connectivity index (χ2n) is 2.74. The van der Waals surface area contributed by atoms with Gasteiger partial charge in [0.25, 0.3) is 0 Å². The number of ether oxygens (including phenoxy) is 2. The number of Topliss-reactive ketones (excluding diaryl/α,β-unsaturated/α-hetero) is 1. The van der Waals surface area contributed by atoms with E-state index in [1.165, 1.54) is 6.92 Å². The van der Waals surface area contributed by atoms with Crippen molar-refractivity contribution >= 4 is 17.7 Å². The molecule has 1 unspecified atom stereocenters. The molecule has 0 fully saturated rings. The lowest BCUT2D eigenvalue weighted by atomic mass is 10.3. The number of ketones is 1. The van der Waals surface area contributed by atoms with Crippen molar-refractivity contribution in [1.82, 2.24) is 0 Å². The van der Waals surface area contributed by atoms with E-state index in [-0.39, 0.29) is 5.57 Å². The molecule has 0 radical (unpaired) electrons. The number of carbonyl (C=O) groups is 3. The largest absolute Gasteiger partial charge is 0.418 e. The van der Waals surface area contributed by atoms with Gasteiger partial charge >= 0.3 is 18.2 Å². The second-order valence-corrected chi connectivity index (χ2v) is 2.74. The van der Waals surface area contributed by atoms with Crippen LogP contribution in [0.5, 0.6) is 0 Å². The minimum Gasteiger partial charge on any atom is -0.418 e. The van der Waals surface area contributed by atoms with Crippen molar-refractivity contribution in [2.75, 3.05) is 0 Å². The normalized spacial score (nSPS) is 11.4. The van der Waals surface area contributed by atoms with Crippen molar-refractivity contribution in [1.29, 1.82) is 0 Å². The zero-order valence-electron chi connectivity index (χ0n) is 8.33. The fourth-order valence-electron chi connectivity index (χ4n) is 0.539. The molecule has 0 aromatic heterocycles. The molecule has 0 amide bonds. The van der Waals surface area contributed by atoms with Crippen molar-refractivity contribution in [3.8, 4) is 0 Å². The fourth-order valence-corrected chi connectivity index (χ4v) is 0.539. The fraction of sp³-hybridized carbons (Fsp3) is 0.444. The summed E-state index contributed by atoms with van der Waals surface area (Å²) in [5.41, 5.74) is 0.128. The first-order chi connectivity index (χ1) is 6.34. The summed E-state index contributed by atoms with van der Waals surface area (Å²) < 4.78 is 9.01. The first-order valence-corrected chi connectivity index (χ1v) is 3.88. The van der Waals surface area contributed by atoms with Crippen LogP contribution >= 0.6 is 0 Å². The van der Waals surface area contributed by atoms with Gasteiger partial charge in [0.2, 0.25) is 5.78 Å². The van der Waals surface area contributed by atoms with Crippen molar-refractivity contribution in [3.05, 3.63) is 12.2 Å². The molecule has 0 spiro atoms. The molecule has 0 bridgehead atoms. The van der Waals surface area contributed by atoms with E-state index in [1.807, 2.05) is 0 Å². The van der Waals surface area contributed by atoms with Gasteiger partial charge in [0.05, 0.1) is 0 Å². The summed E-state index contributed by atoms with van der Waals surface area (Å²) in [6.45, 7) is 7.01. The Labute approximate surface area is 81.7 Å². The van der Waals surface area contributed by atoms with Gasteiger partial charge in [-0.3, -0.25) is 9.59 Å². The molecule has 0 aromatic rings. The molecule has 0 N–H and O–H groups in total. The van der Waals surface area contributed by atoms with Gasteiger partial charge in [-0.1, -0.05) is 6.58 Å². The molecule has 0 saturated heterocycles. The van der Waals surface area contributed by atoms with E-state index >= 15 is 0 Å². The van der Waals surface area contributed by atoms with Crippen LogP contribution in [0, 0.1) is 0 Å². The van der Waals surface area contributed by atoms with Gasteiger partial charge < -0.3 is 9.47 Å². The van der Waals surface area contributed by atoms with Gasteiger partial charge in [-0.15, -0.1) is 0 Å². The number of esters is 2. The van der Waals surface area contributed by atoms with Crippen LogP contribution in [0.2, 0.25) is 0 Å². The Morgan fingerprint density at radius 3 is 1.86 bits per heavy atom. The number of rotatable bonds is 4. The third-order valence-electron chi connectivity index (χ3n) is 1.17. The van der Waals surface area contributed by atoms with Gasteiger partial charge in [0, 0.05) is 19.4 Å². The topological polar surface area (TPSA) is 69.7 Å². The Hall–Kier alpha value is -1.65. The van der Waals surface area contributed by atoms with Crippen molar-refractivity contribution < 1.29 is 23.9 Å². The molecule has 0 aliphatic carbocycles. The maximum atomic E-state index is 11.0. The molecule has 0 aliphatic rings. The van der Waals surface area contributed by atoms with Crippen LogP contribution < -0.4 is 0 Å². The zero-order valence-corrected chi connectivity index (χ0v) is 8.33. The second kappa shape index (κ2) is 5.16. The van der Waals surface area contributed by atoms with Gasteiger partial charge in [-0.2, -0.15) is 0 Å². The number of carbonyl (C=O) groups excluding carboxylic acids is 3. The average Bonchev–Trinajstić information content (AvgIpc) is 2.01. The van der Waals surface area contributed by atoms with Crippen molar-refractivity contribution in [2.45, 2.75) is 27.1 Å². The molecule has 0 aromatic carbocycles. The monoisotopic (exact) mass is 200 g/mol. The summed E-state index contributed by atoms with van der Waals surface area (Å²) in [4.78, 5) is 32.3. The standard InChI is InChI=1S/C9H12O5/c1-5(2)8(12)14-9(6(3)10)13-7(4)11/h9H,1H2,2-4H3. The highest BCUT2D eigenvalue weighted by Gasteiger charge is 2.22. The van der Waals surface area contributed by atoms with Crippen LogP contribution in [-0.2, 0) is 23.9 Å². The smallest absolute Gasteiger partial charge is 0.336 e. The van der Waals surface area contributed by atoms with Gasteiger partial charge in [0.15, 0.2) is 0 Å². The van der Waals surface area contributed by atoms with E-state index in [0.717, 1.165) is 13.8 Å². The third kappa shape index (κ3) is 4.39. The summed E-state index contributed by atoms with van der Waals surface area (Å²) in [6, 6.07) is 0. The number of hydrogen-bond donors (Lipinski definition) is 0. The SMILES string of the molecule is C=C(C)C(=O)OC(OC(C)=O)C(C)=O. The summed E-state index contributed by atoms with van der Waals surface area (Å²) in [5, 5.41) is 0. The lowest BCUT2D eigenvalue weighted by Crippen LogP contribution is -2.30. The highest BCUT2D eigenvalue weighted by Crippen LogP contribution is 2.02. The molecule has 14 heavy (non-hydrogen) atoms. The van der Waals surface area contributed by atoms with E-state index in [2.05, 4.69) is 16.1 Å². The molecular formula is C9H12O5. The van der Waals surface area contributed by atoms with Crippen LogP contribution in [-0.4, -0.2) is 24.0 Å². The minimum absolute atomic E-state index is 0.128. The van der Waals surface area contributed by atoms with Gasteiger partial charge in [-0.05, 0) is 6.92 Å².